The number of amides is 2. The van der Waals surface area contributed by atoms with Crippen molar-refractivity contribution in [3.63, 3.8) is 0 Å². The van der Waals surface area contributed by atoms with Gasteiger partial charge in [-0.3, -0.25) is 19.5 Å². The monoisotopic (exact) mass is 573 g/mol. The number of nitrogens with zero attached hydrogens (tertiary/aromatic N) is 3. The summed E-state index contributed by atoms with van der Waals surface area (Å²) in [6, 6.07) is 28.2. The second-order valence-electron chi connectivity index (χ2n) is 10.8. The third-order valence-electron chi connectivity index (χ3n) is 7.69. The predicted octanol–water partition coefficient (Wildman–Crippen LogP) is 6.06. The summed E-state index contributed by atoms with van der Waals surface area (Å²) in [6.45, 7) is 1.09. The Hall–Kier alpha value is -5.24. The lowest BCUT2D eigenvalue weighted by molar-refractivity contribution is -0.128. The second-order valence-corrected chi connectivity index (χ2v) is 10.8. The van der Waals surface area contributed by atoms with Crippen molar-refractivity contribution in [3.8, 4) is 0 Å². The number of pyridine rings is 1. The van der Waals surface area contributed by atoms with Gasteiger partial charge in [0.1, 0.15) is 18.0 Å². The highest BCUT2D eigenvalue weighted by atomic mass is 16.6. The molecule has 8 nitrogen and oxygen atoms in total. The molecule has 1 saturated heterocycles. The van der Waals surface area contributed by atoms with Crippen LogP contribution in [0.3, 0.4) is 0 Å². The summed E-state index contributed by atoms with van der Waals surface area (Å²) >= 11 is 0. The van der Waals surface area contributed by atoms with Gasteiger partial charge in [0.2, 0.25) is 11.7 Å². The SMILES string of the molecule is O=C1C(=C(O)c2cc(Cc3ccccc3)cc(CN3CCCC3=O)c2)N(C(=O)OCc2ccccc2)Cc2cccnc21. The molecule has 1 fully saturated rings. The summed E-state index contributed by atoms with van der Waals surface area (Å²) in [5.74, 6) is -0.822. The molecule has 6 rings (SSSR count). The summed E-state index contributed by atoms with van der Waals surface area (Å²) in [7, 11) is 0. The lowest BCUT2D eigenvalue weighted by Crippen LogP contribution is -2.39. The van der Waals surface area contributed by atoms with E-state index in [2.05, 4.69) is 4.98 Å². The molecule has 1 N–H and O–H groups in total. The predicted molar refractivity (Wildman–Crippen MR) is 161 cm³/mol. The quantitative estimate of drug-likeness (QED) is 0.213. The maximum Gasteiger partial charge on any atom is 0.415 e. The molecule has 1 aromatic heterocycles. The van der Waals surface area contributed by atoms with Crippen molar-refractivity contribution in [1.29, 1.82) is 0 Å². The van der Waals surface area contributed by atoms with Crippen LogP contribution in [0.1, 0.15) is 56.7 Å². The molecular formula is C35H31N3O5. The first-order chi connectivity index (χ1) is 21.0. The van der Waals surface area contributed by atoms with E-state index in [1.54, 1.807) is 23.1 Å². The Morgan fingerprint density at radius 1 is 0.860 bits per heavy atom. The highest BCUT2D eigenvalue weighted by Gasteiger charge is 2.37. The van der Waals surface area contributed by atoms with Gasteiger partial charge in [-0.05, 0) is 53.3 Å². The summed E-state index contributed by atoms with van der Waals surface area (Å²) in [5, 5.41) is 11.8. The van der Waals surface area contributed by atoms with Crippen molar-refractivity contribution in [2.24, 2.45) is 0 Å². The van der Waals surface area contributed by atoms with Gasteiger partial charge in [0, 0.05) is 36.8 Å². The third kappa shape index (κ3) is 6.18. The average molecular weight is 574 g/mol. The van der Waals surface area contributed by atoms with E-state index in [1.165, 1.54) is 11.1 Å². The van der Waals surface area contributed by atoms with Gasteiger partial charge in [-0.15, -0.1) is 0 Å². The van der Waals surface area contributed by atoms with Gasteiger partial charge in [0.15, 0.2) is 5.76 Å². The van der Waals surface area contributed by atoms with Crippen molar-refractivity contribution in [3.05, 3.63) is 142 Å². The zero-order chi connectivity index (χ0) is 29.8. The van der Waals surface area contributed by atoms with E-state index >= 15 is 0 Å². The van der Waals surface area contributed by atoms with Crippen LogP contribution in [0.15, 0.2) is 103 Å². The molecule has 0 unspecified atom stereocenters. The van der Waals surface area contributed by atoms with Gasteiger partial charge in [0.05, 0.1) is 6.54 Å². The normalized spacial score (nSPS) is 15.8. The fraction of sp³-hybridized carbons (Fsp3) is 0.200. The Morgan fingerprint density at radius 3 is 2.30 bits per heavy atom. The van der Waals surface area contributed by atoms with Gasteiger partial charge in [-0.25, -0.2) is 4.79 Å². The first kappa shape index (κ1) is 27.9. The number of rotatable bonds is 7. The summed E-state index contributed by atoms with van der Waals surface area (Å²) in [5.41, 5.74) is 4.52. The van der Waals surface area contributed by atoms with E-state index in [9.17, 15) is 19.5 Å². The molecule has 3 aromatic carbocycles. The number of carbonyl (C=O) groups excluding carboxylic acids is 3. The number of hydrogen-bond donors (Lipinski definition) is 1. The molecule has 0 atom stereocenters. The molecule has 2 aliphatic heterocycles. The van der Waals surface area contributed by atoms with Crippen molar-refractivity contribution in [2.45, 2.75) is 39.0 Å². The molecule has 2 aliphatic rings. The van der Waals surface area contributed by atoms with Crippen molar-refractivity contribution >= 4 is 23.5 Å². The van der Waals surface area contributed by atoms with E-state index in [4.69, 9.17) is 4.74 Å². The highest BCUT2D eigenvalue weighted by Crippen LogP contribution is 2.32. The van der Waals surface area contributed by atoms with Gasteiger partial charge in [-0.2, -0.15) is 0 Å². The standard InChI is InChI=1S/C35H31N3O5/c39-30-14-8-16-37(30)21-27-18-26(17-24-9-3-1-4-10-24)19-29(20-27)33(40)32-34(41)31-28(13-7-15-36-31)22-38(32)35(42)43-23-25-11-5-2-6-12-25/h1-7,9-13,15,18-20,40H,8,14,16-17,21-23H2. The molecule has 0 saturated carbocycles. The summed E-state index contributed by atoms with van der Waals surface area (Å²) in [4.78, 5) is 46.9. The molecule has 8 heteroatoms. The van der Waals surface area contributed by atoms with E-state index in [0.717, 1.165) is 28.7 Å². The van der Waals surface area contributed by atoms with Crippen molar-refractivity contribution in [2.75, 3.05) is 6.54 Å². The summed E-state index contributed by atoms with van der Waals surface area (Å²) in [6.07, 6.45) is 2.68. The fourth-order valence-electron chi connectivity index (χ4n) is 5.60. The van der Waals surface area contributed by atoms with Crippen LogP contribution in [-0.2, 0) is 35.6 Å². The minimum absolute atomic E-state index is 0.0128. The third-order valence-corrected chi connectivity index (χ3v) is 7.69. The topological polar surface area (TPSA) is 100 Å². The van der Waals surface area contributed by atoms with Gasteiger partial charge >= 0.3 is 6.09 Å². The number of aromatic nitrogens is 1. The molecule has 0 bridgehead atoms. The van der Waals surface area contributed by atoms with Crippen LogP contribution in [0.4, 0.5) is 4.79 Å². The zero-order valence-electron chi connectivity index (χ0n) is 23.6. The first-order valence-electron chi connectivity index (χ1n) is 14.3. The minimum Gasteiger partial charge on any atom is -0.505 e. The number of fused-ring (bicyclic) bond motifs is 1. The number of allylic oxidation sites excluding steroid dienone is 1. The molecule has 2 amide bonds. The minimum atomic E-state index is -0.753. The van der Waals surface area contributed by atoms with E-state index in [0.29, 0.717) is 37.1 Å². The Bertz CT molecular complexity index is 1700. The number of Topliss-reactive ketones (excluding diaryl/α,β-unsaturated/α-hetero) is 1. The molecule has 0 spiro atoms. The Labute approximate surface area is 249 Å². The van der Waals surface area contributed by atoms with Crippen LogP contribution in [-0.4, -0.2) is 44.2 Å². The molecule has 0 aliphatic carbocycles. The molecule has 216 valence electrons. The maximum atomic E-state index is 13.8. The zero-order valence-corrected chi connectivity index (χ0v) is 23.6. The van der Waals surface area contributed by atoms with E-state index < -0.39 is 11.9 Å². The number of ether oxygens (including phenoxy) is 1. The van der Waals surface area contributed by atoms with Crippen molar-refractivity contribution < 1.29 is 24.2 Å². The first-order valence-corrected chi connectivity index (χ1v) is 14.3. The number of carbonyl (C=O) groups is 3. The number of aliphatic hydroxyl groups excluding tert-OH is 1. The maximum absolute atomic E-state index is 13.8. The largest absolute Gasteiger partial charge is 0.505 e. The Kier molecular flexibility index (Phi) is 8.00. The lowest BCUT2D eigenvalue weighted by atomic mass is 9.95. The van der Waals surface area contributed by atoms with E-state index in [-0.39, 0.29) is 36.2 Å². The van der Waals surface area contributed by atoms with Crippen LogP contribution < -0.4 is 0 Å². The Balaban J connectivity index is 1.40. The van der Waals surface area contributed by atoms with E-state index in [1.807, 2.05) is 72.8 Å². The summed E-state index contributed by atoms with van der Waals surface area (Å²) < 4.78 is 5.60. The Morgan fingerprint density at radius 2 is 1.58 bits per heavy atom. The number of hydrogen-bond acceptors (Lipinski definition) is 6. The number of ketones is 1. The molecule has 3 heterocycles. The smallest absolute Gasteiger partial charge is 0.415 e. The van der Waals surface area contributed by atoms with Crippen LogP contribution in [0.25, 0.3) is 5.76 Å². The van der Waals surface area contributed by atoms with Crippen LogP contribution in [0.5, 0.6) is 0 Å². The molecule has 4 aromatic rings. The highest BCUT2D eigenvalue weighted by molar-refractivity contribution is 6.14. The van der Waals surface area contributed by atoms with Crippen LogP contribution in [0, 0.1) is 0 Å². The number of benzene rings is 3. The lowest BCUT2D eigenvalue weighted by Gasteiger charge is -2.29. The van der Waals surface area contributed by atoms with Crippen LogP contribution in [0.2, 0.25) is 0 Å². The van der Waals surface area contributed by atoms with Gasteiger partial charge < -0.3 is 14.7 Å². The fourth-order valence-corrected chi connectivity index (χ4v) is 5.60. The average Bonchev–Trinajstić information content (AvgIpc) is 3.44. The number of likely N-dealkylation sites (tertiary alicyclic amines) is 1. The number of aliphatic hydroxyl groups is 1. The molecule has 43 heavy (non-hydrogen) atoms. The molecule has 0 radical (unpaired) electrons. The second kappa shape index (κ2) is 12.3. The van der Waals surface area contributed by atoms with Crippen molar-refractivity contribution in [1.82, 2.24) is 14.8 Å². The van der Waals surface area contributed by atoms with Gasteiger partial charge in [0.25, 0.3) is 0 Å². The van der Waals surface area contributed by atoms with Crippen LogP contribution >= 0.6 is 0 Å². The van der Waals surface area contributed by atoms with Gasteiger partial charge in [-0.1, -0.05) is 72.8 Å². The molecular weight excluding hydrogens is 542 g/mol.